The second-order valence-corrected chi connectivity index (χ2v) is 11.9. The second-order valence-electron chi connectivity index (χ2n) is 9.73. The Morgan fingerprint density at radius 1 is 1.02 bits per heavy atom. The normalized spacial score (nSPS) is 12.5. The van der Waals surface area contributed by atoms with Gasteiger partial charge in [-0.05, 0) is 42.7 Å². The molecule has 0 fully saturated rings. The maximum atomic E-state index is 15.3. The van der Waals surface area contributed by atoms with Crippen molar-refractivity contribution in [3.63, 3.8) is 0 Å². The fourth-order valence-electron chi connectivity index (χ4n) is 4.61. The van der Waals surface area contributed by atoms with Gasteiger partial charge in [-0.3, -0.25) is 19.4 Å². The van der Waals surface area contributed by atoms with Gasteiger partial charge in [0.25, 0.3) is 0 Å². The second kappa shape index (κ2) is 12.5. The average Bonchev–Trinajstić information content (AvgIpc) is 3.34. The third kappa shape index (κ3) is 7.10. The maximum Gasteiger partial charge on any atom is 0.303 e. The first-order valence-electron chi connectivity index (χ1n) is 13.0. The van der Waals surface area contributed by atoms with Crippen molar-refractivity contribution in [2.45, 2.75) is 44.8 Å². The van der Waals surface area contributed by atoms with Gasteiger partial charge in [-0.25, -0.2) is 17.2 Å². The number of benzene rings is 2. The zero-order valence-corrected chi connectivity index (χ0v) is 23.1. The van der Waals surface area contributed by atoms with Gasteiger partial charge >= 0.3 is 5.97 Å². The summed E-state index contributed by atoms with van der Waals surface area (Å²) >= 11 is 0. The molecule has 1 heterocycles. The summed E-state index contributed by atoms with van der Waals surface area (Å²) in [4.78, 5) is 40.5. The first-order chi connectivity index (χ1) is 19.5. The molecule has 2 aromatic carbocycles. The summed E-state index contributed by atoms with van der Waals surface area (Å²) in [6.07, 6.45) is 4.00. The number of fused-ring (bicyclic) bond motifs is 1. The molecule has 1 aliphatic carbocycles. The Hall–Kier alpha value is -4.25. The van der Waals surface area contributed by atoms with Crippen LogP contribution in [0.5, 0.6) is 0 Å². The number of carbonyl (C=O) groups is 3. The van der Waals surface area contributed by atoms with Crippen molar-refractivity contribution in [1.29, 1.82) is 0 Å². The molecule has 0 radical (unpaired) electrons. The van der Waals surface area contributed by atoms with Gasteiger partial charge in [-0.1, -0.05) is 31.2 Å². The van der Waals surface area contributed by atoms with E-state index < -0.39 is 44.5 Å². The largest absolute Gasteiger partial charge is 0.481 e. The van der Waals surface area contributed by atoms with Gasteiger partial charge in [0.1, 0.15) is 11.6 Å². The minimum atomic E-state index is -3.63. The van der Waals surface area contributed by atoms with Gasteiger partial charge in [0.05, 0.1) is 22.8 Å². The van der Waals surface area contributed by atoms with Crippen LogP contribution in [-0.2, 0) is 31.6 Å². The number of allylic oxidation sites excluding steroid dienone is 2. The maximum absolute atomic E-state index is 15.3. The highest BCUT2D eigenvalue weighted by molar-refractivity contribution is 7.90. The smallest absolute Gasteiger partial charge is 0.303 e. The molecular weight excluding hydrogens is 554 g/mol. The lowest BCUT2D eigenvalue weighted by molar-refractivity contribution is -0.137. The number of Topliss-reactive ketones (excluding diaryl/α,β-unsaturated/α-hetero) is 1. The predicted molar refractivity (Wildman–Crippen MR) is 150 cm³/mol. The fraction of sp³-hybridized carbons (Fsp3) is 0.267. The van der Waals surface area contributed by atoms with Crippen LogP contribution in [-0.4, -0.2) is 41.9 Å². The summed E-state index contributed by atoms with van der Waals surface area (Å²) in [5, 5.41) is 11.4. The van der Waals surface area contributed by atoms with Crippen molar-refractivity contribution in [3.05, 3.63) is 88.8 Å². The van der Waals surface area contributed by atoms with Gasteiger partial charge in [0.15, 0.2) is 15.6 Å². The standard InChI is InChI=1S/C30H28F2N2O6S/c1-2-14-41(39,40)17-19-8-12-24(31)28(29(19)32)30(38)22-11-13-25-23(22)15-20(16-33-25)18-6-9-21(10-7-18)34-26(35)4-3-5-27(36)37/h6-12,15-16H,2-5,13-14,17H2,1H3,(H,34,35)(H,36,37). The van der Waals surface area contributed by atoms with Crippen LogP contribution < -0.4 is 5.32 Å². The summed E-state index contributed by atoms with van der Waals surface area (Å²) in [5.74, 6) is -5.22. The number of nitrogens with one attached hydrogen (secondary N) is 1. The molecule has 0 saturated heterocycles. The van der Waals surface area contributed by atoms with Crippen molar-refractivity contribution >= 4 is 38.8 Å². The van der Waals surface area contributed by atoms with Crippen molar-refractivity contribution in [1.82, 2.24) is 4.98 Å². The highest BCUT2D eigenvalue weighted by Crippen LogP contribution is 2.34. The van der Waals surface area contributed by atoms with Gasteiger partial charge in [0.2, 0.25) is 5.91 Å². The Morgan fingerprint density at radius 3 is 2.44 bits per heavy atom. The lowest BCUT2D eigenvalue weighted by Crippen LogP contribution is -2.14. The van der Waals surface area contributed by atoms with Crippen LogP contribution in [0.25, 0.3) is 16.7 Å². The predicted octanol–water partition coefficient (Wildman–Crippen LogP) is 5.37. The number of anilines is 1. The van der Waals surface area contributed by atoms with Crippen LogP contribution in [0, 0.1) is 11.6 Å². The van der Waals surface area contributed by atoms with Crippen LogP contribution in [0.1, 0.15) is 59.8 Å². The molecule has 41 heavy (non-hydrogen) atoms. The summed E-state index contributed by atoms with van der Waals surface area (Å²) in [6, 6.07) is 10.5. The molecule has 0 unspecified atom stereocenters. The molecule has 0 atom stereocenters. The molecule has 0 spiro atoms. The molecule has 4 rings (SSSR count). The Morgan fingerprint density at radius 2 is 1.76 bits per heavy atom. The number of aliphatic carboxylic acids is 1. The highest BCUT2D eigenvalue weighted by atomic mass is 32.2. The van der Waals surface area contributed by atoms with Gasteiger partial charge < -0.3 is 10.4 Å². The molecule has 0 aliphatic heterocycles. The van der Waals surface area contributed by atoms with E-state index in [0.717, 1.165) is 12.1 Å². The van der Waals surface area contributed by atoms with Crippen molar-refractivity contribution in [2.75, 3.05) is 11.1 Å². The number of carboxylic acid groups (broad SMARTS) is 1. The Labute approximate surface area is 236 Å². The number of sulfone groups is 1. The number of nitrogens with zero attached hydrogens (tertiary/aromatic N) is 1. The summed E-state index contributed by atoms with van der Waals surface area (Å²) < 4.78 is 54.6. The number of hydrogen-bond donors (Lipinski definition) is 2. The summed E-state index contributed by atoms with van der Waals surface area (Å²) in [5.41, 5.74) is 1.85. The van der Waals surface area contributed by atoms with Gasteiger partial charge in [-0.15, -0.1) is 0 Å². The number of amides is 1. The van der Waals surface area contributed by atoms with Gasteiger partial charge in [0, 0.05) is 53.4 Å². The van der Waals surface area contributed by atoms with Crippen molar-refractivity contribution in [2.24, 2.45) is 0 Å². The third-order valence-corrected chi connectivity index (χ3v) is 8.37. The number of aromatic nitrogens is 1. The number of carbonyl (C=O) groups excluding carboxylic acids is 2. The van der Waals surface area contributed by atoms with Crippen LogP contribution in [0.4, 0.5) is 14.5 Å². The third-order valence-electron chi connectivity index (χ3n) is 6.59. The number of halogens is 2. The van der Waals surface area contributed by atoms with E-state index in [1.54, 1.807) is 49.5 Å². The molecule has 0 bridgehead atoms. The molecule has 11 heteroatoms. The van der Waals surface area contributed by atoms with E-state index >= 15 is 4.39 Å². The summed E-state index contributed by atoms with van der Waals surface area (Å²) in [7, 11) is -3.63. The van der Waals surface area contributed by atoms with Crippen LogP contribution in [0.2, 0.25) is 0 Å². The molecule has 8 nitrogen and oxygen atoms in total. The molecule has 3 aromatic rings. The monoisotopic (exact) mass is 582 g/mol. The Balaban J connectivity index is 1.55. The van der Waals surface area contributed by atoms with Crippen LogP contribution in [0.15, 0.2) is 54.7 Å². The number of hydrogen-bond acceptors (Lipinski definition) is 6. The molecule has 0 saturated carbocycles. The zero-order chi connectivity index (χ0) is 29.7. The van der Waals surface area contributed by atoms with Gasteiger partial charge in [-0.2, -0.15) is 0 Å². The number of carboxylic acids is 1. The van der Waals surface area contributed by atoms with E-state index in [9.17, 15) is 27.2 Å². The minimum Gasteiger partial charge on any atom is -0.481 e. The molecule has 1 amide bonds. The molecule has 2 N–H and O–H groups in total. The summed E-state index contributed by atoms with van der Waals surface area (Å²) in [6.45, 7) is 1.68. The van der Waals surface area contributed by atoms with E-state index in [-0.39, 0.29) is 48.5 Å². The van der Waals surface area contributed by atoms with E-state index in [4.69, 9.17) is 5.11 Å². The van der Waals surface area contributed by atoms with E-state index in [1.807, 2.05) is 0 Å². The van der Waals surface area contributed by atoms with E-state index in [1.165, 1.54) is 0 Å². The van der Waals surface area contributed by atoms with E-state index in [0.29, 0.717) is 34.5 Å². The fourth-order valence-corrected chi connectivity index (χ4v) is 6.07. The van der Waals surface area contributed by atoms with Crippen molar-refractivity contribution in [3.8, 4) is 11.1 Å². The Kier molecular flexibility index (Phi) is 9.07. The SMILES string of the molecule is CCCS(=O)(=O)Cc1ccc(F)c(C(=O)C2=CCc3ncc(-c4ccc(NC(=O)CCCC(=O)O)cc4)cc32)c1F. The molecular formula is C30H28F2N2O6S. The topological polar surface area (TPSA) is 130 Å². The van der Waals surface area contributed by atoms with Crippen LogP contribution in [0.3, 0.4) is 0 Å². The highest BCUT2D eigenvalue weighted by Gasteiger charge is 2.29. The molecule has 1 aliphatic rings. The lowest BCUT2D eigenvalue weighted by atomic mass is 9.95. The number of rotatable bonds is 12. The zero-order valence-electron chi connectivity index (χ0n) is 22.2. The average molecular weight is 583 g/mol. The number of ketones is 1. The lowest BCUT2D eigenvalue weighted by Gasteiger charge is -2.12. The first-order valence-corrected chi connectivity index (χ1v) is 14.8. The minimum absolute atomic E-state index is 0.0740. The molecule has 214 valence electrons. The molecule has 1 aromatic heterocycles. The van der Waals surface area contributed by atoms with E-state index in [2.05, 4.69) is 10.3 Å². The number of pyridine rings is 1. The Bertz CT molecular complexity index is 1650. The quantitative estimate of drug-likeness (QED) is 0.275. The van der Waals surface area contributed by atoms with Crippen LogP contribution >= 0.6 is 0 Å². The van der Waals surface area contributed by atoms with Crippen molar-refractivity contribution < 1.29 is 36.7 Å². The first kappa shape index (κ1) is 29.7.